The molecule has 5 nitrogen and oxygen atoms in total. The summed E-state index contributed by atoms with van der Waals surface area (Å²) in [6, 6.07) is 4.94. The minimum atomic E-state index is -0.601. The zero-order valence-corrected chi connectivity index (χ0v) is 10.2. The van der Waals surface area contributed by atoms with Crippen LogP contribution in [0.15, 0.2) is 24.4 Å². The van der Waals surface area contributed by atoms with Crippen molar-refractivity contribution in [3.05, 3.63) is 35.2 Å². The van der Waals surface area contributed by atoms with Crippen molar-refractivity contribution in [2.24, 2.45) is 0 Å². The molecule has 0 atom stereocenters. The van der Waals surface area contributed by atoms with Crippen LogP contribution < -0.4 is 15.8 Å². The molecule has 2 rings (SSSR count). The number of anilines is 3. The molecule has 3 N–H and O–H groups in total. The minimum absolute atomic E-state index is 0.0104. The molecule has 94 valence electrons. The average molecular weight is 269 g/mol. The highest BCUT2D eigenvalue weighted by Crippen LogP contribution is 2.28. The number of halogens is 2. The van der Waals surface area contributed by atoms with Gasteiger partial charge in [0, 0.05) is 5.69 Å². The van der Waals surface area contributed by atoms with Crippen LogP contribution in [0.25, 0.3) is 0 Å². The topological polar surface area (TPSA) is 73.1 Å². The van der Waals surface area contributed by atoms with Crippen molar-refractivity contribution in [2.45, 2.75) is 0 Å². The van der Waals surface area contributed by atoms with Gasteiger partial charge in [-0.05, 0) is 18.2 Å². The number of benzene rings is 1. The summed E-state index contributed by atoms with van der Waals surface area (Å²) in [5.74, 6) is -0.0942. The number of nitrogens with one attached hydrogen (secondary N) is 1. The zero-order chi connectivity index (χ0) is 13.1. The molecule has 0 bridgehead atoms. The van der Waals surface area contributed by atoms with Crippen molar-refractivity contribution < 1.29 is 9.13 Å². The van der Waals surface area contributed by atoms with Gasteiger partial charge in [0.05, 0.1) is 18.3 Å². The van der Waals surface area contributed by atoms with Gasteiger partial charge in [0.1, 0.15) is 5.75 Å². The summed E-state index contributed by atoms with van der Waals surface area (Å²) in [5, 5.41) is 3.17. The standard InChI is InChI=1S/C11H10ClFN4O/c1-18-9-3-2-6(4-7(9)12)16-10-8(13)5-15-11(14)17-10/h2-5H,1H3,(H3,14,15,16,17). The Morgan fingerprint density at radius 1 is 1.44 bits per heavy atom. The molecule has 0 spiro atoms. The Morgan fingerprint density at radius 2 is 2.22 bits per heavy atom. The Bertz CT molecular complexity index is 579. The first kappa shape index (κ1) is 12.4. The molecule has 1 aromatic carbocycles. The first-order valence-electron chi connectivity index (χ1n) is 4.98. The molecule has 0 aliphatic rings. The second-order valence-corrected chi connectivity index (χ2v) is 3.81. The maximum atomic E-state index is 13.4. The fourth-order valence-electron chi connectivity index (χ4n) is 1.35. The molecule has 2 aromatic rings. The van der Waals surface area contributed by atoms with Crippen LogP contribution in [0.1, 0.15) is 0 Å². The fourth-order valence-corrected chi connectivity index (χ4v) is 1.61. The van der Waals surface area contributed by atoms with E-state index in [1.165, 1.54) is 7.11 Å². The number of hydrogen-bond acceptors (Lipinski definition) is 5. The summed E-state index contributed by atoms with van der Waals surface area (Å²) < 4.78 is 18.4. The van der Waals surface area contributed by atoms with Gasteiger partial charge < -0.3 is 15.8 Å². The van der Waals surface area contributed by atoms with Crippen molar-refractivity contribution in [3.8, 4) is 5.75 Å². The quantitative estimate of drug-likeness (QED) is 0.895. The number of nitrogens with zero attached hydrogens (tertiary/aromatic N) is 2. The summed E-state index contributed by atoms with van der Waals surface area (Å²) in [6.45, 7) is 0. The van der Waals surface area contributed by atoms with Crippen LogP contribution >= 0.6 is 11.6 Å². The second kappa shape index (κ2) is 5.05. The van der Waals surface area contributed by atoms with E-state index in [0.717, 1.165) is 6.20 Å². The molecule has 0 fully saturated rings. The monoisotopic (exact) mass is 268 g/mol. The van der Waals surface area contributed by atoms with E-state index >= 15 is 0 Å². The number of nitrogen functional groups attached to an aromatic ring is 1. The van der Waals surface area contributed by atoms with E-state index in [9.17, 15) is 4.39 Å². The Labute approximate surface area is 108 Å². The van der Waals surface area contributed by atoms with Crippen LogP contribution in [0.4, 0.5) is 21.8 Å². The van der Waals surface area contributed by atoms with Gasteiger partial charge in [-0.3, -0.25) is 0 Å². The summed E-state index contributed by atoms with van der Waals surface area (Å²) in [4.78, 5) is 7.28. The average Bonchev–Trinajstić information content (AvgIpc) is 2.34. The second-order valence-electron chi connectivity index (χ2n) is 3.40. The SMILES string of the molecule is COc1ccc(Nc2nc(N)ncc2F)cc1Cl. The Balaban J connectivity index is 2.28. The molecule has 0 amide bonds. The van der Waals surface area contributed by atoms with Gasteiger partial charge in [-0.25, -0.2) is 9.37 Å². The highest BCUT2D eigenvalue weighted by Gasteiger charge is 2.07. The summed E-state index contributed by atoms with van der Waals surface area (Å²) in [5.41, 5.74) is 5.95. The number of hydrogen-bond donors (Lipinski definition) is 2. The van der Waals surface area contributed by atoms with Crippen molar-refractivity contribution in [1.29, 1.82) is 0 Å². The normalized spacial score (nSPS) is 10.2. The molecule has 0 saturated carbocycles. The van der Waals surface area contributed by atoms with E-state index in [4.69, 9.17) is 22.1 Å². The Hall–Kier alpha value is -2.08. The third kappa shape index (κ3) is 2.60. The first-order chi connectivity index (χ1) is 8.60. The van der Waals surface area contributed by atoms with Gasteiger partial charge in [0.15, 0.2) is 11.6 Å². The maximum absolute atomic E-state index is 13.4. The zero-order valence-electron chi connectivity index (χ0n) is 9.45. The van der Waals surface area contributed by atoms with Gasteiger partial charge in [-0.2, -0.15) is 4.98 Å². The van der Waals surface area contributed by atoms with Crippen LogP contribution in [-0.2, 0) is 0 Å². The van der Waals surface area contributed by atoms with Gasteiger partial charge in [-0.1, -0.05) is 11.6 Å². The summed E-state index contributed by atoms with van der Waals surface area (Å²) in [7, 11) is 1.51. The molecule has 0 aliphatic carbocycles. The van der Waals surface area contributed by atoms with E-state index in [1.54, 1.807) is 18.2 Å². The highest BCUT2D eigenvalue weighted by molar-refractivity contribution is 6.32. The van der Waals surface area contributed by atoms with Crippen molar-refractivity contribution in [2.75, 3.05) is 18.2 Å². The van der Waals surface area contributed by atoms with Crippen molar-refractivity contribution in [3.63, 3.8) is 0 Å². The predicted molar refractivity (Wildman–Crippen MR) is 67.7 cm³/mol. The number of nitrogens with two attached hydrogens (primary N) is 1. The molecule has 0 radical (unpaired) electrons. The van der Waals surface area contributed by atoms with E-state index in [0.29, 0.717) is 16.5 Å². The maximum Gasteiger partial charge on any atom is 0.222 e. The van der Waals surface area contributed by atoms with Crippen LogP contribution in [0.5, 0.6) is 5.75 Å². The van der Waals surface area contributed by atoms with Gasteiger partial charge in [0.25, 0.3) is 0 Å². The number of aromatic nitrogens is 2. The van der Waals surface area contributed by atoms with E-state index in [1.807, 2.05) is 0 Å². The Morgan fingerprint density at radius 3 is 2.89 bits per heavy atom. The molecular weight excluding hydrogens is 259 g/mol. The summed E-state index contributed by atoms with van der Waals surface area (Å²) >= 11 is 5.95. The number of methoxy groups -OCH3 is 1. The highest BCUT2D eigenvalue weighted by atomic mass is 35.5. The van der Waals surface area contributed by atoms with Crippen LogP contribution in [0.3, 0.4) is 0 Å². The lowest BCUT2D eigenvalue weighted by atomic mass is 10.3. The van der Waals surface area contributed by atoms with Crippen molar-refractivity contribution in [1.82, 2.24) is 9.97 Å². The molecular formula is C11H10ClFN4O. The van der Waals surface area contributed by atoms with Gasteiger partial charge >= 0.3 is 0 Å². The van der Waals surface area contributed by atoms with Crippen molar-refractivity contribution >= 4 is 29.1 Å². The van der Waals surface area contributed by atoms with E-state index < -0.39 is 5.82 Å². The lowest BCUT2D eigenvalue weighted by molar-refractivity contribution is 0.415. The molecule has 0 saturated heterocycles. The van der Waals surface area contributed by atoms with Gasteiger partial charge in [-0.15, -0.1) is 0 Å². The fraction of sp³-hybridized carbons (Fsp3) is 0.0909. The van der Waals surface area contributed by atoms with E-state index in [2.05, 4.69) is 15.3 Å². The minimum Gasteiger partial charge on any atom is -0.495 e. The largest absolute Gasteiger partial charge is 0.495 e. The first-order valence-corrected chi connectivity index (χ1v) is 5.36. The van der Waals surface area contributed by atoms with E-state index in [-0.39, 0.29) is 11.8 Å². The molecule has 18 heavy (non-hydrogen) atoms. The molecule has 1 aromatic heterocycles. The number of ether oxygens (including phenoxy) is 1. The lowest BCUT2D eigenvalue weighted by Crippen LogP contribution is -2.02. The predicted octanol–water partition coefficient (Wildman–Crippen LogP) is 2.60. The smallest absolute Gasteiger partial charge is 0.222 e. The molecule has 0 aliphatic heterocycles. The third-order valence-electron chi connectivity index (χ3n) is 2.18. The lowest BCUT2D eigenvalue weighted by Gasteiger charge is -2.09. The van der Waals surface area contributed by atoms with Crippen LogP contribution in [0.2, 0.25) is 5.02 Å². The van der Waals surface area contributed by atoms with Crippen LogP contribution in [-0.4, -0.2) is 17.1 Å². The molecule has 7 heteroatoms. The number of rotatable bonds is 3. The van der Waals surface area contributed by atoms with Gasteiger partial charge in [0.2, 0.25) is 5.95 Å². The molecule has 0 unspecified atom stereocenters. The third-order valence-corrected chi connectivity index (χ3v) is 2.47. The Kier molecular flexibility index (Phi) is 3.47. The van der Waals surface area contributed by atoms with Crippen LogP contribution in [0, 0.1) is 5.82 Å². The molecule has 1 heterocycles. The summed E-state index contributed by atoms with van der Waals surface area (Å²) in [6.07, 6.45) is 0.996.